The van der Waals surface area contributed by atoms with Gasteiger partial charge in [-0.05, 0) is 12.8 Å². The highest BCUT2D eigenvalue weighted by Gasteiger charge is 2.35. The van der Waals surface area contributed by atoms with Crippen molar-refractivity contribution in [2.45, 2.75) is 51.9 Å². The third kappa shape index (κ3) is 1.83. The van der Waals surface area contributed by atoms with Crippen molar-refractivity contribution in [3.05, 3.63) is 26.0 Å². The lowest BCUT2D eigenvalue weighted by atomic mass is 9.74. The zero-order valence-electron chi connectivity index (χ0n) is 9.59. The number of hydrogen-bond acceptors (Lipinski definition) is 3. The van der Waals surface area contributed by atoms with Crippen molar-refractivity contribution in [3.8, 4) is 5.75 Å². The van der Waals surface area contributed by atoms with Crippen LogP contribution in [0.1, 0.15) is 52.0 Å². The van der Waals surface area contributed by atoms with E-state index in [1.54, 1.807) is 0 Å². The standard InChI is InChI=1S/C12H18O3/c1-4-6-7-12(3,5-2)8-9(13)11(15)10(8)14/h13H,4-7H2,1-3H3. The predicted molar refractivity (Wildman–Crippen MR) is 60.2 cm³/mol. The first kappa shape index (κ1) is 12.0. The monoisotopic (exact) mass is 210 g/mol. The van der Waals surface area contributed by atoms with Crippen molar-refractivity contribution < 1.29 is 5.11 Å². The van der Waals surface area contributed by atoms with Gasteiger partial charge < -0.3 is 5.11 Å². The molecule has 0 aliphatic carbocycles. The van der Waals surface area contributed by atoms with Crippen molar-refractivity contribution in [3.63, 3.8) is 0 Å². The summed E-state index contributed by atoms with van der Waals surface area (Å²) in [4.78, 5) is 22.3. The van der Waals surface area contributed by atoms with E-state index in [1.807, 2.05) is 13.8 Å². The second-order valence-corrected chi connectivity index (χ2v) is 4.40. The molecule has 15 heavy (non-hydrogen) atoms. The molecule has 0 bridgehead atoms. The molecule has 0 aliphatic rings. The summed E-state index contributed by atoms with van der Waals surface area (Å²) in [5.41, 5.74) is -1.19. The van der Waals surface area contributed by atoms with Crippen LogP contribution in [0.4, 0.5) is 0 Å². The second kappa shape index (κ2) is 4.17. The molecule has 3 heteroatoms. The van der Waals surface area contributed by atoms with Gasteiger partial charge in [0.05, 0.1) is 5.56 Å². The first-order chi connectivity index (χ1) is 6.98. The summed E-state index contributed by atoms with van der Waals surface area (Å²) in [6.45, 7) is 6.00. The summed E-state index contributed by atoms with van der Waals surface area (Å²) >= 11 is 0. The minimum atomic E-state index is -0.721. The summed E-state index contributed by atoms with van der Waals surface area (Å²) in [5, 5.41) is 9.42. The second-order valence-electron chi connectivity index (χ2n) is 4.40. The summed E-state index contributed by atoms with van der Waals surface area (Å²) in [6.07, 6.45) is 3.66. The topological polar surface area (TPSA) is 54.4 Å². The molecule has 0 aliphatic heterocycles. The Kier molecular flexibility index (Phi) is 3.32. The molecule has 1 rings (SSSR count). The smallest absolute Gasteiger partial charge is 0.268 e. The zero-order valence-corrected chi connectivity index (χ0v) is 9.59. The average molecular weight is 210 g/mol. The molecule has 0 amide bonds. The zero-order chi connectivity index (χ0) is 11.6. The van der Waals surface area contributed by atoms with Crippen LogP contribution >= 0.6 is 0 Å². The normalized spacial score (nSPS) is 15.4. The van der Waals surface area contributed by atoms with Crippen molar-refractivity contribution in [2.24, 2.45) is 0 Å². The van der Waals surface area contributed by atoms with E-state index in [4.69, 9.17) is 0 Å². The van der Waals surface area contributed by atoms with E-state index < -0.39 is 10.9 Å². The average Bonchev–Trinajstić information content (AvgIpc) is 2.26. The van der Waals surface area contributed by atoms with Crippen LogP contribution in [-0.4, -0.2) is 5.11 Å². The van der Waals surface area contributed by atoms with Gasteiger partial charge in [0.25, 0.3) is 5.43 Å². The molecule has 1 aromatic carbocycles. The Hall–Kier alpha value is -1.12. The largest absolute Gasteiger partial charge is 0.504 e. The summed E-state index contributed by atoms with van der Waals surface area (Å²) in [7, 11) is 0. The lowest BCUT2D eigenvalue weighted by Gasteiger charge is -2.29. The van der Waals surface area contributed by atoms with Crippen molar-refractivity contribution in [2.75, 3.05) is 0 Å². The van der Waals surface area contributed by atoms with Crippen LogP contribution in [0.3, 0.4) is 0 Å². The molecule has 0 radical (unpaired) electrons. The minimum absolute atomic E-state index is 0.305. The quantitative estimate of drug-likeness (QED) is 0.754. The van der Waals surface area contributed by atoms with E-state index >= 15 is 0 Å². The Labute approximate surface area is 89.4 Å². The van der Waals surface area contributed by atoms with Crippen LogP contribution in [0.5, 0.6) is 5.75 Å². The maximum atomic E-state index is 11.4. The molecule has 0 heterocycles. The molecule has 84 valence electrons. The van der Waals surface area contributed by atoms with E-state index in [0.29, 0.717) is 5.56 Å². The number of unbranched alkanes of at least 4 members (excludes halogenated alkanes) is 1. The Morgan fingerprint density at radius 1 is 1.20 bits per heavy atom. The lowest BCUT2D eigenvalue weighted by molar-refractivity contribution is 0.363. The fraction of sp³-hybridized carbons (Fsp3) is 0.667. The first-order valence-corrected chi connectivity index (χ1v) is 5.50. The van der Waals surface area contributed by atoms with Crippen LogP contribution in [0.15, 0.2) is 9.59 Å². The van der Waals surface area contributed by atoms with Gasteiger partial charge in [-0.15, -0.1) is 0 Å². The molecule has 3 nitrogen and oxygen atoms in total. The Morgan fingerprint density at radius 2 is 1.80 bits per heavy atom. The molecule has 0 spiro atoms. The van der Waals surface area contributed by atoms with E-state index in [2.05, 4.69) is 6.92 Å². The minimum Gasteiger partial charge on any atom is -0.504 e. The molecule has 0 aromatic heterocycles. The number of hydrogen-bond donors (Lipinski definition) is 1. The van der Waals surface area contributed by atoms with Gasteiger partial charge >= 0.3 is 0 Å². The molecule has 1 aromatic rings. The fourth-order valence-electron chi connectivity index (χ4n) is 1.99. The van der Waals surface area contributed by atoms with Gasteiger partial charge in [0.2, 0.25) is 5.43 Å². The van der Waals surface area contributed by atoms with E-state index in [1.165, 1.54) is 0 Å². The highest BCUT2D eigenvalue weighted by atomic mass is 16.3. The van der Waals surface area contributed by atoms with Gasteiger partial charge in [-0.3, -0.25) is 9.59 Å². The molecule has 1 N–H and O–H groups in total. The van der Waals surface area contributed by atoms with Gasteiger partial charge in [0.1, 0.15) is 0 Å². The summed E-state index contributed by atoms with van der Waals surface area (Å²) < 4.78 is 0. The SMILES string of the molecule is CCCCC(C)(CC)c1c(O)c(=O)c1=O. The predicted octanol–water partition coefficient (Wildman–Crippen LogP) is 1.85. The van der Waals surface area contributed by atoms with Crippen molar-refractivity contribution in [1.29, 1.82) is 0 Å². The van der Waals surface area contributed by atoms with Gasteiger partial charge in [-0.1, -0.05) is 33.6 Å². The van der Waals surface area contributed by atoms with Crippen LogP contribution in [0, 0.1) is 0 Å². The van der Waals surface area contributed by atoms with E-state index in [0.717, 1.165) is 25.7 Å². The highest BCUT2D eigenvalue weighted by molar-refractivity contribution is 5.43. The van der Waals surface area contributed by atoms with E-state index in [-0.39, 0.29) is 11.2 Å². The molecular formula is C12H18O3. The van der Waals surface area contributed by atoms with Gasteiger partial charge in [0, 0.05) is 5.41 Å². The maximum absolute atomic E-state index is 11.4. The molecule has 0 saturated heterocycles. The van der Waals surface area contributed by atoms with Crippen LogP contribution < -0.4 is 10.9 Å². The summed E-state index contributed by atoms with van der Waals surface area (Å²) in [6, 6.07) is 0. The first-order valence-electron chi connectivity index (χ1n) is 5.50. The Balaban J connectivity index is 3.03. The number of aromatic hydroxyl groups is 1. The molecule has 0 fully saturated rings. The fourth-order valence-corrected chi connectivity index (χ4v) is 1.99. The highest BCUT2D eigenvalue weighted by Crippen LogP contribution is 2.35. The van der Waals surface area contributed by atoms with Gasteiger partial charge in [-0.2, -0.15) is 0 Å². The summed E-state index contributed by atoms with van der Waals surface area (Å²) in [5.74, 6) is -0.305. The van der Waals surface area contributed by atoms with Crippen LogP contribution in [0.2, 0.25) is 0 Å². The number of rotatable bonds is 5. The van der Waals surface area contributed by atoms with Crippen molar-refractivity contribution >= 4 is 0 Å². The van der Waals surface area contributed by atoms with E-state index in [9.17, 15) is 14.7 Å². The molecule has 0 saturated carbocycles. The van der Waals surface area contributed by atoms with Crippen LogP contribution in [0.25, 0.3) is 0 Å². The lowest BCUT2D eigenvalue weighted by Crippen LogP contribution is -2.42. The van der Waals surface area contributed by atoms with Gasteiger partial charge in [0.15, 0.2) is 5.75 Å². The molecular weight excluding hydrogens is 192 g/mol. The third-order valence-corrected chi connectivity index (χ3v) is 3.35. The molecule has 1 atom stereocenters. The van der Waals surface area contributed by atoms with Gasteiger partial charge in [-0.25, -0.2) is 0 Å². The maximum Gasteiger partial charge on any atom is 0.268 e. The Bertz CT molecular complexity index is 412. The molecule has 1 unspecified atom stereocenters. The third-order valence-electron chi connectivity index (χ3n) is 3.35. The van der Waals surface area contributed by atoms with Crippen LogP contribution in [-0.2, 0) is 5.41 Å². The van der Waals surface area contributed by atoms with Crippen molar-refractivity contribution in [1.82, 2.24) is 0 Å². The Morgan fingerprint density at radius 3 is 2.20 bits per heavy atom.